The first-order valence-electron chi connectivity index (χ1n) is 6.77. The lowest BCUT2D eigenvalue weighted by Crippen LogP contribution is -2.35. The first-order valence-corrected chi connectivity index (χ1v) is 6.77. The zero-order valence-electron chi connectivity index (χ0n) is 11.2. The van der Waals surface area contributed by atoms with E-state index in [1.807, 2.05) is 12.1 Å². The number of nitrogens with zero attached hydrogens (tertiary/aromatic N) is 1. The SMILES string of the molecule is COc1ccc2c(c1)C(C1CCCN(C)C1)CO2. The summed E-state index contributed by atoms with van der Waals surface area (Å²) >= 11 is 0. The molecule has 0 aliphatic carbocycles. The van der Waals surface area contributed by atoms with Gasteiger partial charge in [0.25, 0.3) is 0 Å². The van der Waals surface area contributed by atoms with E-state index in [-0.39, 0.29) is 0 Å². The normalized spacial score (nSPS) is 27.7. The van der Waals surface area contributed by atoms with E-state index in [1.54, 1.807) is 7.11 Å². The molecule has 0 aromatic heterocycles. The molecule has 2 aliphatic heterocycles. The summed E-state index contributed by atoms with van der Waals surface area (Å²) in [5, 5.41) is 0. The van der Waals surface area contributed by atoms with Gasteiger partial charge in [-0.2, -0.15) is 0 Å². The maximum absolute atomic E-state index is 5.82. The van der Waals surface area contributed by atoms with E-state index in [2.05, 4.69) is 18.0 Å². The minimum atomic E-state index is 0.540. The third-order valence-electron chi connectivity index (χ3n) is 4.26. The summed E-state index contributed by atoms with van der Waals surface area (Å²) in [6.45, 7) is 3.25. The van der Waals surface area contributed by atoms with Gasteiger partial charge >= 0.3 is 0 Å². The molecule has 0 N–H and O–H groups in total. The molecule has 2 aliphatic rings. The quantitative estimate of drug-likeness (QED) is 0.801. The summed E-state index contributed by atoms with van der Waals surface area (Å²) in [7, 11) is 3.94. The van der Waals surface area contributed by atoms with Crippen LogP contribution in [0.15, 0.2) is 18.2 Å². The molecule has 3 nitrogen and oxygen atoms in total. The third-order valence-corrected chi connectivity index (χ3v) is 4.26. The molecule has 2 atom stereocenters. The van der Waals surface area contributed by atoms with Crippen LogP contribution >= 0.6 is 0 Å². The van der Waals surface area contributed by atoms with Crippen LogP contribution in [-0.2, 0) is 0 Å². The average molecular weight is 247 g/mol. The Kier molecular flexibility index (Phi) is 3.16. The van der Waals surface area contributed by atoms with Gasteiger partial charge < -0.3 is 14.4 Å². The van der Waals surface area contributed by atoms with Crippen molar-refractivity contribution in [2.45, 2.75) is 18.8 Å². The van der Waals surface area contributed by atoms with E-state index in [0.29, 0.717) is 5.92 Å². The van der Waals surface area contributed by atoms with E-state index in [1.165, 1.54) is 31.5 Å². The summed E-state index contributed by atoms with van der Waals surface area (Å²) in [4.78, 5) is 2.44. The predicted octanol–water partition coefficient (Wildman–Crippen LogP) is 2.51. The molecule has 1 fully saturated rings. The highest BCUT2D eigenvalue weighted by atomic mass is 16.5. The fraction of sp³-hybridized carbons (Fsp3) is 0.600. The maximum atomic E-state index is 5.82. The lowest BCUT2D eigenvalue weighted by atomic mass is 9.82. The Morgan fingerprint density at radius 2 is 2.28 bits per heavy atom. The van der Waals surface area contributed by atoms with E-state index in [0.717, 1.165) is 24.0 Å². The fourth-order valence-corrected chi connectivity index (χ4v) is 3.27. The zero-order valence-corrected chi connectivity index (χ0v) is 11.2. The molecule has 2 heterocycles. The lowest BCUT2D eigenvalue weighted by Gasteiger charge is -2.33. The Balaban J connectivity index is 1.84. The molecule has 0 amide bonds. The van der Waals surface area contributed by atoms with Gasteiger partial charge in [0.1, 0.15) is 11.5 Å². The molecular formula is C15H21NO2. The zero-order chi connectivity index (χ0) is 12.5. The molecule has 0 radical (unpaired) electrons. The molecule has 18 heavy (non-hydrogen) atoms. The van der Waals surface area contributed by atoms with E-state index >= 15 is 0 Å². The number of fused-ring (bicyclic) bond motifs is 1. The van der Waals surface area contributed by atoms with Gasteiger partial charge in [-0.15, -0.1) is 0 Å². The highest BCUT2D eigenvalue weighted by Gasteiger charge is 2.33. The fourth-order valence-electron chi connectivity index (χ4n) is 3.27. The minimum absolute atomic E-state index is 0.540. The van der Waals surface area contributed by atoms with Crippen molar-refractivity contribution >= 4 is 0 Å². The van der Waals surface area contributed by atoms with E-state index in [9.17, 15) is 0 Å². The summed E-state index contributed by atoms with van der Waals surface area (Å²) in [6, 6.07) is 6.18. The van der Waals surface area contributed by atoms with Gasteiger partial charge in [-0.25, -0.2) is 0 Å². The molecule has 0 saturated carbocycles. The number of hydrogen-bond acceptors (Lipinski definition) is 3. The number of methoxy groups -OCH3 is 1. The molecular weight excluding hydrogens is 226 g/mol. The molecule has 1 saturated heterocycles. The number of piperidine rings is 1. The van der Waals surface area contributed by atoms with Crippen molar-refractivity contribution in [3.63, 3.8) is 0 Å². The van der Waals surface area contributed by atoms with Crippen molar-refractivity contribution in [3.8, 4) is 11.5 Å². The van der Waals surface area contributed by atoms with Gasteiger partial charge in [0.2, 0.25) is 0 Å². The number of rotatable bonds is 2. The number of ether oxygens (including phenoxy) is 2. The van der Waals surface area contributed by atoms with Crippen molar-refractivity contribution in [1.82, 2.24) is 4.90 Å². The summed E-state index contributed by atoms with van der Waals surface area (Å²) < 4.78 is 11.2. The van der Waals surface area contributed by atoms with Gasteiger partial charge in [-0.05, 0) is 50.6 Å². The summed E-state index contributed by atoms with van der Waals surface area (Å²) in [5.74, 6) is 3.25. The van der Waals surface area contributed by atoms with Crippen LogP contribution < -0.4 is 9.47 Å². The molecule has 3 rings (SSSR count). The lowest BCUT2D eigenvalue weighted by molar-refractivity contribution is 0.171. The first kappa shape index (κ1) is 11.8. The minimum Gasteiger partial charge on any atom is -0.497 e. The van der Waals surface area contributed by atoms with Crippen LogP contribution in [-0.4, -0.2) is 38.8 Å². The molecule has 0 spiro atoms. The molecule has 1 aromatic carbocycles. The van der Waals surface area contributed by atoms with Crippen molar-refractivity contribution < 1.29 is 9.47 Å². The Hall–Kier alpha value is -1.22. The highest BCUT2D eigenvalue weighted by Crippen LogP contribution is 2.42. The number of benzene rings is 1. The van der Waals surface area contributed by atoms with Crippen LogP contribution in [0.4, 0.5) is 0 Å². The average Bonchev–Trinajstić information content (AvgIpc) is 2.81. The predicted molar refractivity (Wildman–Crippen MR) is 71.5 cm³/mol. The Morgan fingerprint density at radius 1 is 1.39 bits per heavy atom. The largest absolute Gasteiger partial charge is 0.497 e. The van der Waals surface area contributed by atoms with Crippen LogP contribution in [0.2, 0.25) is 0 Å². The van der Waals surface area contributed by atoms with Gasteiger partial charge in [0, 0.05) is 18.0 Å². The van der Waals surface area contributed by atoms with Crippen molar-refractivity contribution in [3.05, 3.63) is 23.8 Å². The molecule has 3 heteroatoms. The van der Waals surface area contributed by atoms with E-state index < -0.39 is 0 Å². The number of hydrogen-bond donors (Lipinski definition) is 0. The van der Waals surface area contributed by atoms with Crippen LogP contribution in [0.5, 0.6) is 11.5 Å². The second kappa shape index (κ2) is 4.81. The number of likely N-dealkylation sites (tertiary alicyclic amines) is 1. The molecule has 0 bridgehead atoms. The van der Waals surface area contributed by atoms with Gasteiger partial charge in [0.05, 0.1) is 13.7 Å². The van der Waals surface area contributed by atoms with Crippen molar-refractivity contribution in [2.24, 2.45) is 5.92 Å². The van der Waals surface area contributed by atoms with Gasteiger partial charge in [-0.1, -0.05) is 0 Å². The highest BCUT2D eigenvalue weighted by molar-refractivity contribution is 5.45. The second-order valence-corrected chi connectivity index (χ2v) is 5.49. The van der Waals surface area contributed by atoms with Crippen LogP contribution in [0, 0.1) is 5.92 Å². The van der Waals surface area contributed by atoms with Crippen molar-refractivity contribution in [2.75, 3.05) is 33.9 Å². The smallest absolute Gasteiger partial charge is 0.123 e. The van der Waals surface area contributed by atoms with Gasteiger partial charge in [0.15, 0.2) is 0 Å². The van der Waals surface area contributed by atoms with Crippen LogP contribution in [0.25, 0.3) is 0 Å². The first-order chi connectivity index (χ1) is 8.78. The second-order valence-electron chi connectivity index (χ2n) is 5.49. The van der Waals surface area contributed by atoms with Crippen LogP contribution in [0.3, 0.4) is 0 Å². The summed E-state index contributed by atoms with van der Waals surface area (Å²) in [5.41, 5.74) is 1.34. The van der Waals surface area contributed by atoms with Gasteiger partial charge in [-0.3, -0.25) is 0 Å². The standard InChI is InChI=1S/C15H21NO2/c1-16-7-3-4-11(9-16)14-10-18-15-6-5-12(17-2)8-13(14)15/h5-6,8,11,14H,3-4,7,9-10H2,1-2H3. The third kappa shape index (κ3) is 2.07. The Morgan fingerprint density at radius 3 is 3.06 bits per heavy atom. The van der Waals surface area contributed by atoms with Crippen LogP contribution in [0.1, 0.15) is 24.3 Å². The molecule has 98 valence electrons. The topological polar surface area (TPSA) is 21.7 Å². The molecule has 2 unspecified atom stereocenters. The Labute approximate surface area is 109 Å². The molecule has 1 aromatic rings. The maximum Gasteiger partial charge on any atom is 0.123 e. The summed E-state index contributed by atoms with van der Waals surface area (Å²) in [6.07, 6.45) is 2.62. The Bertz CT molecular complexity index is 433. The van der Waals surface area contributed by atoms with E-state index in [4.69, 9.17) is 9.47 Å². The monoisotopic (exact) mass is 247 g/mol. The van der Waals surface area contributed by atoms with Crippen molar-refractivity contribution in [1.29, 1.82) is 0 Å².